The smallest absolute Gasteiger partial charge is 0.156 e. The molecule has 0 radical (unpaired) electrons. The summed E-state index contributed by atoms with van der Waals surface area (Å²) in [6, 6.07) is 2.28. The van der Waals surface area contributed by atoms with Crippen molar-refractivity contribution in [3.63, 3.8) is 0 Å². The maximum atomic E-state index is 8.80. The van der Waals surface area contributed by atoms with E-state index in [4.69, 9.17) is 5.26 Å². The van der Waals surface area contributed by atoms with Crippen LogP contribution in [0.3, 0.4) is 0 Å². The molecule has 72 valence electrons. The van der Waals surface area contributed by atoms with Crippen LogP contribution in [0.5, 0.6) is 0 Å². The molecule has 1 rings (SSSR count). The van der Waals surface area contributed by atoms with E-state index < -0.39 is 0 Å². The number of aliphatic imine (C=N–C) groups is 1. The fourth-order valence-electron chi connectivity index (χ4n) is 0.889. The molecule has 1 N–H and O–H groups in total. The molecule has 0 fully saturated rings. The Morgan fingerprint density at radius 1 is 1.69 bits per heavy atom. The zero-order chi connectivity index (χ0) is 9.73. The molecule has 1 aliphatic heterocycles. The molecule has 0 aromatic carbocycles. The molecule has 4 heteroatoms. The Hall–Kier alpha value is -0.690. The molecular formula is C9H15N3S. The molecule has 0 bridgehead atoms. The minimum absolute atomic E-state index is 0.258. The van der Waals surface area contributed by atoms with Gasteiger partial charge in [0, 0.05) is 18.8 Å². The van der Waals surface area contributed by atoms with Crippen molar-refractivity contribution in [3.8, 4) is 6.07 Å². The lowest BCUT2D eigenvalue weighted by molar-refractivity contribution is 0.574. The number of amidine groups is 1. The average Bonchev–Trinajstić information content (AvgIpc) is 2.17. The van der Waals surface area contributed by atoms with Gasteiger partial charge < -0.3 is 5.32 Å². The van der Waals surface area contributed by atoms with Crippen LogP contribution in [0.15, 0.2) is 4.99 Å². The molecule has 0 amide bonds. The van der Waals surface area contributed by atoms with Crippen LogP contribution in [0, 0.1) is 16.7 Å². The van der Waals surface area contributed by atoms with Crippen molar-refractivity contribution in [2.24, 2.45) is 10.4 Å². The summed E-state index contributed by atoms with van der Waals surface area (Å²) in [5.74, 6) is 0.801. The topological polar surface area (TPSA) is 48.2 Å². The molecule has 13 heavy (non-hydrogen) atoms. The quantitative estimate of drug-likeness (QED) is 0.731. The largest absolute Gasteiger partial charge is 0.365 e. The second kappa shape index (κ2) is 4.52. The van der Waals surface area contributed by atoms with Gasteiger partial charge in [0.15, 0.2) is 5.17 Å². The van der Waals surface area contributed by atoms with Crippen molar-refractivity contribution in [2.45, 2.75) is 20.3 Å². The standard InChI is InChI=1S/C9H15N3S/c1-9(2,6-10)7-13-8-11-4-3-5-12-8/h3-5,7H2,1-2H3,(H,11,12). The Bertz CT molecular complexity index is 240. The third-order valence-corrected chi connectivity index (χ3v) is 3.15. The van der Waals surface area contributed by atoms with Gasteiger partial charge in [0.05, 0.1) is 11.5 Å². The molecule has 0 aromatic rings. The first-order chi connectivity index (χ1) is 6.14. The summed E-state index contributed by atoms with van der Waals surface area (Å²) < 4.78 is 0. The Morgan fingerprint density at radius 3 is 3.00 bits per heavy atom. The van der Waals surface area contributed by atoms with E-state index in [1.54, 1.807) is 11.8 Å². The van der Waals surface area contributed by atoms with Gasteiger partial charge in [0.25, 0.3) is 0 Å². The molecule has 0 atom stereocenters. The van der Waals surface area contributed by atoms with Crippen LogP contribution in [0.25, 0.3) is 0 Å². The number of nitriles is 1. The third kappa shape index (κ3) is 3.69. The lowest BCUT2D eigenvalue weighted by atomic mass is 10.00. The highest BCUT2D eigenvalue weighted by molar-refractivity contribution is 8.13. The highest BCUT2D eigenvalue weighted by atomic mass is 32.2. The molecule has 1 heterocycles. The predicted molar refractivity (Wildman–Crippen MR) is 56.8 cm³/mol. The van der Waals surface area contributed by atoms with Crippen LogP contribution in [0.4, 0.5) is 0 Å². The fourth-order valence-corrected chi connectivity index (χ4v) is 1.84. The summed E-state index contributed by atoms with van der Waals surface area (Å²) in [5, 5.41) is 13.0. The average molecular weight is 197 g/mol. The van der Waals surface area contributed by atoms with Gasteiger partial charge in [-0.2, -0.15) is 5.26 Å². The lowest BCUT2D eigenvalue weighted by Crippen LogP contribution is -2.28. The van der Waals surface area contributed by atoms with E-state index in [2.05, 4.69) is 16.4 Å². The van der Waals surface area contributed by atoms with E-state index in [0.29, 0.717) is 0 Å². The summed E-state index contributed by atoms with van der Waals surface area (Å²) in [4.78, 5) is 4.33. The van der Waals surface area contributed by atoms with Gasteiger partial charge in [-0.15, -0.1) is 0 Å². The highest BCUT2D eigenvalue weighted by Gasteiger charge is 2.18. The summed E-state index contributed by atoms with van der Waals surface area (Å²) in [6.45, 7) is 5.83. The third-order valence-electron chi connectivity index (χ3n) is 1.74. The maximum Gasteiger partial charge on any atom is 0.156 e. The predicted octanol–water partition coefficient (Wildman–Crippen LogP) is 1.62. The Kier molecular flexibility index (Phi) is 3.61. The Balaban J connectivity index is 2.34. The summed E-state index contributed by atoms with van der Waals surface area (Å²) in [5.41, 5.74) is -0.258. The fraction of sp³-hybridized carbons (Fsp3) is 0.778. The number of nitrogens with zero attached hydrogens (tertiary/aromatic N) is 2. The molecule has 0 spiro atoms. The van der Waals surface area contributed by atoms with Crippen molar-refractivity contribution in [2.75, 3.05) is 18.8 Å². The number of thioether (sulfide) groups is 1. The second-order valence-corrected chi connectivity index (χ2v) is 4.72. The monoisotopic (exact) mass is 197 g/mol. The molecule has 0 aliphatic carbocycles. The molecule has 3 nitrogen and oxygen atoms in total. The van der Waals surface area contributed by atoms with Crippen molar-refractivity contribution in [1.29, 1.82) is 5.26 Å². The zero-order valence-corrected chi connectivity index (χ0v) is 8.95. The van der Waals surface area contributed by atoms with Gasteiger partial charge in [0.2, 0.25) is 0 Å². The van der Waals surface area contributed by atoms with Crippen LogP contribution >= 0.6 is 11.8 Å². The SMILES string of the molecule is CC(C)(C#N)CSC1=NCCCN1. The summed E-state index contributed by atoms with van der Waals surface area (Å²) >= 11 is 1.65. The number of hydrogen-bond donors (Lipinski definition) is 1. The minimum atomic E-state index is -0.258. The van der Waals surface area contributed by atoms with E-state index in [1.807, 2.05) is 13.8 Å². The molecule has 0 aromatic heterocycles. The van der Waals surface area contributed by atoms with Gasteiger partial charge in [-0.25, -0.2) is 0 Å². The van der Waals surface area contributed by atoms with Gasteiger partial charge in [-0.1, -0.05) is 11.8 Å². The molecule has 0 unspecified atom stereocenters. The second-order valence-electron chi connectivity index (χ2n) is 3.75. The highest BCUT2D eigenvalue weighted by Crippen LogP contribution is 2.21. The summed E-state index contributed by atoms with van der Waals surface area (Å²) in [6.07, 6.45) is 1.12. The van der Waals surface area contributed by atoms with E-state index >= 15 is 0 Å². The Labute approximate surface area is 83.6 Å². The number of rotatable bonds is 2. The van der Waals surface area contributed by atoms with Crippen molar-refractivity contribution in [3.05, 3.63) is 0 Å². The normalized spacial score (nSPS) is 17.2. The van der Waals surface area contributed by atoms with E-state index in [1.165, 1.54) is 0 Å². The van der Waals surface area contributed by atoms with Gasteiger partial charge in [-0.3, -0.25) is 4.99 Å². The molecular weight excluding hydrogens is 182 g/mol. The van der Waals surface area contributed by atoms with Crippen LogP contribution in [0.1, 0.15) is 20.3 Å². The van der Waals surface area contributed by atoms with Crippen LogP contribution in [-0.4, -0.2) is 24.0 Å². The first kappa shape index (κ1) is 10.4. The maximum absolute atomic E-state index is 8.80. The first-order valence-electron chi connectivity index (χ1n) is 4.46. The van der Waals surface area contributed by atoms with Crippen molar-refractivity contribution in [1.82, 2.24) is 5.32 Å². The van der Waals surface area contributed by atoms with E-state index in [9.17, 15) is 0 Å². The van der Waals surface area contributed by atoms with Crippen LogP contribution in [-0.2, 0) is 0 Å². The van der Waals surface area contributed by atoms with Crippen LogP contribution < -0.4 is 5.32 Å². The van der Waals surface area contributed by atoms with E-state index in [-0.39, 0.29) is 5.41 Å². The molecule has 1 aliphatic rings. The first-order valence-corrected chi connectivity index (χ1v) is 5.45. The summed E-state index contributed by atoms with van der Waals surface area (Å²) in [7, 11) is 0. The zero-order valence-electron chi connectivity index (χ0n) is 8.13. The molecule has 0 saturated heterocycles. The number of nitrogens with one attached hydrogen (secondary N) is 1. The lowest BCUT2D eigenvalue weighted by Gasteiger charge is -2.18. The van der Waals surface area contributed by atoms with Gasteiger partial charge >= 0.3 is 0 Å². The minimum Gasteiger partial charge on any atom is -0.365 e. The van der Waals surface area contributed by atoms with E-state index in [0.717, 1.165) is 30.4 Å². The molecule has 0 saturated carbocycles. The van der Waals surface area contributed by atoms with Crippen LogP contribution in [0.2, 0.25) is 0 Å². The van der Waals surface area contributed by atoms with Gasteiger partial charge in [-0.05, 0) is 20.3 Å². The van der Waals surface area contributed by atoms with Gasteiger partial charge in [0.1, 0.15) is 0 Å². The van der Waals surface area contributed by atoms with Crippen molar-refractivity contribution < 1.29 is 0 Å². The number of hydrogen-bond acceptors (Lipinski definition) is 4. The van der Waals surface area contributed by atoms with Crippen molar-refractivity contribution >= 4 is 16.9 Å². The Morgan fingerprint density at radius 2 is 2.46 bits per heavy atom.